The van der Waals surface area contributed by atoms with E-state index in [9.17, 15) is 8.78 Å². The highest BCUT2D eigenvalue weighted by molar-refractivity contribution is 5.69. The lowest BCUT2D eigenvalue weighted by Gasteiger charge is -2.15. The molecule has 19 heavy (non-hydrogen) atoms. The van der Waals surface area contributed by atoms with E-state index in [1.807, 2.05) is 4.68 Å². The van der Waals surface area contributed by atoms with Crippen molar-refractivity contribution in [3.63, 3.8) is 0 Å². The number of halogens is 2. The van der Waals surface area contributed by atoms with Crippen LogP contribution in [0.1, 0.15) is 24.2 Å². The van der Waals surface area contributed by atoms with Crippen LogP contribution in [-0.2, 0) is 19.5 Å². The SMILES string of the molecule is NCc1nn2c(c1-c1cc(F)ccc1F)CCCC2. The van der Waals surface area contributed by atoms with Gasteiger partial charge in [-0.25, -0.2) is 8.78 Å². The van der Waals surface area contributed by atoms with Crippen molar-refractivity contribution in [2.75, 3.05) is 0 Å². The molecule has 2 heterocycles. The molecule has 0 amide bonds. The van der Waals surface area contributed by atoms with Crippen molar-refractivity contribution in [1.29, 1.82) is 0 Å². The summed E-state index contributed by atoms with van der Waals surface area (Å²) >= 11 is 0. The van der Waals surface area contributed by atoms with Gasteiger partial charge >= 0.3 is 0 Å². The number of fused-ring (bicyclic) bond motifs is 1. The van der Waals surface area contributed by atoms with Crippen molar-refractivity contribution >= 4 is 0 Å². The van der Waals surface area contributed by atoms with Gasteiger partial charge in [0.05, 0.1) is 5.69 Å². The van der Waals surface area contributed by atoms with E-state index in [-0.39, 0.29) is 12.1 Å². The predicted octanol–water partition coefficient (Wildman–Crippen LogP) is 2.62. The van der Waals surface area contributed by atoms with E-state index in [1.165, 1.54) is 6.07 Å². The molecule has 0 bridgehead atoms. The molecule has 0 saturated carbocycles. The van der Waals surface area contributed by atoms with Gasteiger partial charge in [0.1, 0.15) is 11.6 Å². The Bertz CT molecular complexity index is 619. The molecule has 0 atom stereocenters. The first-order chi connectivity index (χ1) is 9.20. The molecule has 0 fully saturated rings. The van der Waals surface area contributed by atoms with Crippen LogP contribution in [0.5, 0.6) is 0 Å². The molecule has 2 aromatic rings. The third kappa shape index (κ3) is 2.04. The molecule has 0 unspecified atom stereocenters. The van der Waals surface area contributed by atoms with Crippen LogP contribution in [0.25, 0.3) is 11.1 Å². The molecule has 0 spiro atoms. The van der Waals surface area contributed by atoms with Crippen LogP contribution in [0.2, 0.25) is 0 Å². The summed E-state index contributed by atoms with van der Waals surface area (Å²) in [4.78, 5) is 0. The first kappa shape index (κ1) is 12.3. The highest BCUT2D eigenvalue weighted by atomic mass is 19.1. The fourth-order valence-corrected chi connectivity index (χ4v) is 2.69. The van der Waals surface area contributed by atoms with Gasteiger partial charge in [-0.15, -0.1) is 0 Å². The van der Waals surface area contributed by atoms with Crippen molar-refractivity contribution in [3.05, 3.63) is 41.2 Å². The van der Waals surface area contributed by atoms with E-state index >= 15 is 0 Å². The zero-order valence-electron chi connectivity index (χ0n) is 10.5. The molecule has 3 rings (SSSR count). The topological polar surface area (TPSA) is 43.8 Å². The summed E-state index contributed by atoms with van der Waals surface area (Å²) in [6.45, 7) is 1.05. The first-order valence-electron chi connectivity index (χ1n) is 6.44. The minimum Gasteiger partial charge on any atom is -0.325 e. The number of nitrogens with two attached hydrogens (primary N) is 1. The minimum absolute atomic E-state index is 0.227. The number of nitrogens with zero attached hydrogens (tertiary/aromatic N) is 2. The molecule has 2 N–H and O–H groups in total. The molecule has 0 radical (unpaired) electrons. The quantitative estimate of drug-likeness (QED) is 0.905. The molecular weight excluding hydrogens is 248 g/mol. The monoisotopic (exact) mass is 263 g/mol. The van der Waals surface area contributed by atoms with Crippen molar-refractivity contribution in [2.45, 2.75) is 32.4 Å². The van der Waals surface area contributed by atoms with Crippen molar-refractivity contribution in [1.82, 2.24) is 9.78 Å². The summed E-state index contributed by atoms with van der Waals surface area (Å²) in [7, 11) is 0. The summed E-state index contributed by atoms with van der Waals surface area (Å²) in [5, 5.41) is 4.42. The smallest absolute Gasteiger partial charge is 0.131 e. The zero-order valence-corrected chi connectivity index (χ0v) is 10.5. The Balaban J connectivity index is 2.23. The van der Waals surface area contributed by atoms with Crippen molar-refractivity contribution in [2.24, 2.45) is 5.73 Å². The second-order valence-corrected chi connectivity index (χ2v) is 4.78. The zero-order chi connectivity index (χ0) is 13.4. The van der Waals surface area contributed by atoms with Gasteiger partial charge in [0, 0.05) is 29.9 Å². The Kier molecular flexibility index (Phi) is 3.06. The van der Waals surface area contributed by atoms with Crippen LogP contribution in [0.15, 0.2) is 18.2 Å². The van der Waals surface area contributed by atoms with E-state index in [0.717, 1.165) is 43.6 Å². The van der Waals surface area contributed by atoms with Crippen molar-refractivity contribution < 1.29 is 8.78 Å². The molecule has 5 heteroatoms. The maximum atomic E-state index is 14.0. The van der Waals surface area contributed by atoms with E-state index in [0.29, 0.717) is 11.3 Å². The largest absolute Gasteiger partial charge is 0.325 e. The third-order valence-electron chi connectivity index (χ3n) is 3.55. The number of aryl methyl sites for hydroxylation is 1. The fourth-order valence-electron chi connectivity index (χ4n) is 2.69. The molecule has 1 aromatic heterocycles. The van der Waals surface area contributed by atoms with Crippen LogP contribution in [0.3, 0.4) is 0 Å². The van der Waals surface area contributed by atoms with Gasteiger partial charge in [0.15, 0.2) is 0 Å². The highest BCUT2D eigenvalue weighted by Crippen LogP contribution is 2.33. The second kappa shape index (κ2) is 4.74. The predicted molar refractivity (Wildman–Crippen MR) is 68.4 cm³/mol. The normalized spacial score (nSPS) is 14.5. The van der Waals surface area contributed by atoms with Gasteiger partial charge < -0.3 is 5.73 Å². The van der Waals surface area contributed by atoms with Gasteiger partial charge in [0.25, 0.3) is 0 Å². The maximum absolute atomic E-state index is 14.0. The minimum atomic E-state index is -0.449. The van der Waals surface area contributed by atoms with Gasteiger partial charge in [-0.05, 0) is 37.5 Å². The molecule has 100 valence electrons. The van der Waals surface area contributed by atoms with Crippen LogP contribution >= 0.6 is 0 Å². The summed E-state index contributed by atoms with van der Waals surface area (Å²) < 4.78 is 29.2. The van der Waals surface area contributed by atoms with E-state index in [1.54, 1.807) is 0 Å². The van der Waals surface area contributed by atoms with Crippen LogP contribution in [0, 0.1) is 11.6 Å². The van der Waals surface area contributed by atoms with Crippen molar-refractivity contribution in [3.8, 4) is 11.1 Å². The van der Waals surface area contributed by atoms with E-state index in [4.69, 9.17) is 5.73 Å². The lowest BCUT2D eigenvalue weighted by Crippen LogP contribution is -2.11. The average molecular weight is 263 g/mol. The molecule has 1 aliphatic heterocycles. The van der Waals surface area contributed by atoms with Crippen LogP contribution in [0.4, 0.5) is 8.78 Å². The summed E-state index contributed by atoms with van der Waals surface area (Å²) in [5.41, 5.74) is 8.25. The number of hydrogen-bond acceptors (Lipinski definition) is 2. The van der Waals surface area contributed by atoms with E-state index < -0.39 is 11.6 Å². The molecule has 0 aliphatic carbocycles. The van der Waals surface area contributed by atoms with Crippen LogP contribution < -0.4 is 5.73 Å². The Hall–Kier alpha value is -1.75. The average Bonchev–Trinajstić information content (AvgIpc) is 2.80. The molecule has 0 saturated heterocycles. The van der Waals surface area contributed by atoms with Gasteiger partial charge in [-0.3, -0.25) is 4.68 Å². The maximum Gasteiger partial charge on any atom is 0.131 e. The summed E-state index contributed by atoms with van der Waals surface area (Å²) in [6, 6.07) is 3.50. The molecule has 3 nitrogen and oxygen atoms in total. The number of rotatable bonds is 2. The van der Waals surface area contributed by atoms with Gasteiger partial charge in [-0.1, -0.05) is 0 Å². The summed E-state index contributed by atoms with van der Waals surface area (Å²) in [6.07, 6.45) is 2.93. The molecule has 1 aliphatic rings. The van der Waals surface area contributed by atoms with E-state index in [2.05, 4.69) is 5.10 Å². The van der Waals surface area contributed by atoms with Gasteiger partial charge in [-0.2, -0.15) is 5.10 Å². The Morgan fingerprint density at radius 1 is 1.26 bits per heavy atom. The summed E-state index contributed by atoms with van der Waals surface area (Å²) in [5.74, 6) is -0.882. The number of benzene rings is 1. The number of hydrogen-bond donors (Lipinski definition) is 1. The van der Waals surface area contributed by atoms with Crippen LogP contribution in [-0.4, -0.2) is 9.78 Å². The Morgan fingerprint density at radius 2 is 2.11 bits per heavy atom. The molecule has 1 aromatic carbocycles. The third-order valence-corrected chi connectivity index (χ3v) is 3.55. The second-order valence-electron chi connectivity index (χ2n) is 4.78. The Morgan fingerprint density at radius 3 is 2.89 bits per heavy atom. The lowest BCUT2D eigenvalue weighted by molar-refractivity contribution is 0.483. The Labute approximate surface area is 110 Å². The number of aromatic nitrogens is 2. The molecular formula is C14H15F2N3. The fraction of sp³-hybridized carbons (Fsp3) is 0.357. The highest BCUT2D eigenvalue weighted by Gasteiger charge is 2.23. The van der Waals surface area contributed by atoms with Gasteiger partial charge in [0.2, 0.25) is 0 Å². The first-order valence-corrected chi connectivity index (χ1v) is 6.44. The standard InChI is InChI=1S/C14H15F2N3/c15-9-4-5-11(16)10(7-9)14-12(8-17)18-19-6-2-1-3-13(14)19/h4-5,7H,1-3,6,8,17H2. The lowest BCUT2D eigenvalue weighted by atomic mass is 9.98.